The van der Waals surface area contributed by atoms with Gasteiger partial charge in [0.25, 0.3) is 0 Å². The minimum Gasteiger partial charge on any atom is -0.491 e. The molecular weight excluding hydrogens is 713 g/mol. The Morgan fingerprint density at radius 3 is 1.52 bits per heavy atom. The fourth-order valence-corrected chi connectivity index (χ4v) is 9.41. The molecule has 4 atom stereocenters. The van der Waals surface area contributed by atoms with Crippen molar-refractivity contribution in [3.8, 4) is 32.6 Å². The van der Waals surface area contributed by atoms with E-state index in [2.05, 4.69) is 30.5 Å². The lowest BCUT2D eigenvalue weighted by Crippen LogP contribution is -2.58. The van der Waals surface area contributed by atoms with Crippen LogP contribution in [0, 0.1) is 0 Å². The molecule has 0 spiro atoms. The van der Waals surface area contributed by atoms with Gasteiger partial charge in [-0.15, -0.1) is 22.7 Å². The molecule has 4 aromatic heterocycles. The summed E-state index contributed by atoms with van der Waals surface area (Å²) in [6.07, 6.45) is 13.2. The lowest BCUT2D eigenvalue weighted by molar-refractivity contribution is -0.136. The SMILES string of the molecule is O=C(C(COc1ccccc1)N1CCCC[C@@H]1c1csc(-c2cccnc2)n1)C(COc1ccccc1)N1CCCC[C@@H]1c1csc(-c2cccnc2)n1. The number of nitrogens with zero attached hydrogens (tertiary/aromatic N) is 6. The third kappa shape index (κ3) is 8.44. The highest BCUT2D eigenvalue weighted by Crippen LogP contribution is 2.39. The van der Waals surface area contributed by atoms with E-state index in [0.717, 1.165) is 95.6 Å². The summed E-state index contributed by atoms with van der Waals surface area (Å²) in [4.78, 5) is 39.3. The van der Waals surface area contributed by atoms with Gasteiger partial charge in [0.2, 0.25) is 0 Å². The standard InChI is InChI=1S/C43H44N6O3S2/c50-41(39(27-51-33-15-3-1-4-16-33)48-23-9-7-19-37(48)35-29-53-42(46-35)31-13-11-21-44-25-31)40(28-52-34-17-5-2-6-18-34)49-24-10-8-20-38(49)36-30-54-43(47-36)32-14-12-22-45-26-32/h1-6,11-18,21-22,25-26,29-30,37-40H,7-10,19-20,23-24,27-28H2/t37-,38-,39?,40?/m1/s1. The molecule has 0 amide bonds. The third-order valence-electron chi connectivity index (χ3n) is 10.4. The number of piperidine rings is 2. The molecule has 2 aliphatic rings. The molecule has 0 aliphatic carbocycles. The maximum Gasteiger partial charge on any atom is 0.174 e. The maximum atomic E-state index is 15.6. The molecule has 0 saturated carbocycles. The van der Waals surface area contributed by atoms with E-state index in [-0.39, 0.29) is 31.1 Å². The van der Waals surface area contributed by atoms with Crippen molar-refractivity contribution in [2.24, 2.45) is 0 Å². The average Bonchev–Trinajstić information content (AvgIpc) is 3.95. The number of carbonyl (C=O) groups excluding carboxylic acids is 1. The molecular formula is C43H44N6O3S2. The number of rotatable bonds is 14. The fourth-order valence-electron chi connectivity index (χ4n) is 7.70. The van der Waals surface area contributed by atoms with Gasteiger partial charge in [-0.1, -0.05) is 49.2 Å². The molecule has 9 nitrogen and oxygen atoms in total. The number of benzene rings is 2. The third-order valence-corrected chi connectivity index (χ3v) is 12.2. The quantitative estimate of drug-likeness (QED) is 0.108. The predicted molar refractivity (Wildman–Crippen MR) is 214 cm³/mol. The number of aromatic nitrogens is 4. The smallest absolute Gasteiger partial charge is 0.174 e. The maximum absolute atomic E-state index is 15.6. The van der Waals surface area contributed by atoms with Gasteiger partial charge in [-0.05, 0) is 87.3 Å². The molecule has 6 heterocycles. The summed E-state index contributed by atoms with van der Waals surface area (Å²) < 4.78 is 13.0. The highest BCUT2D eigenvalue weighted by molar-refractivity contribution is 7.13. The molecule has 2 aliphatic heterocycles. The van der Waals surface area contributed by atoms with Gasteiger partial charge >= 0.3 is 0 Å². The number of hydrogen-bond donors (Lipinski definition) is 0. The molecule has 11 heteroatoms. The molecule has 276 valence electrons. The summed E-state index contributed by atoms with van der Waals surface area (Å²) in [5.41, 5.74) is 3.99. The first-order valence-electron chi connectivity index (χ1n) is 18.8. The molecule has 2 aromatic carbocycles. The summed E-state index contributed by atoms with van der Waals surface area (Å²) >= 11 is 3.26. The van der Waals surface area contributed by atoms with Crippen LogP contribution in [0.5, 0.6) is 11.5 Å². The van der Waals surface area contributed by atoms with E-state index in [9.17, 15) is 0 Å². The normalized spacial score (nSPS) is 19.2. The molecule has 0 radical (unpaired) electrons. The van der Waals surface area contributed by atoms with Crippen molar-refractivity contribution in [3.05, 3.63) is 132 Å². The van der Waals surface area contributed by atoms with Gasteiger partial charge in [-0.3, -0.25) is 24.6 Å². The Bertz CT molecular complexity index is 1920. The average molecular weight is 757 g/mol. The molecule has 2 saturated heterocycles. The van der Waals surface area contributed by atoms with Crippen LogP contribution in [0.1, 0.15) is 62.0 Å². The molecule has 0 bridgehead atoms. The van der Waals surface area contributed by atoms with Crippen LogP contribution in [-0.2, 0) is 4.79 Å². The Kier molecular flexibility index (Phi) is 11.8. The summed E-state index contributed by atoms with van der Waals surface area (Å²) in [5.74, 6) is 1.59. The zero-order valence-corrected chi connectivity index (χ0v) is 31.8. The predicted octanol–water partition coefficient (Wildman–Crippen LogP) is 8.94. The molecule has 2 unspecified atom stereocenters. The van der Waals surface area contributed by atoms with E-state index in [0.29, 0.717) is 0 Å². The highest BCUT2D eigenvalue weighted by Gasteiger charge is 2.43. The van der Waals surface area contributed by atoms with Crippen molar-refractivity contribution >= 4 is 28.5 Å². The molecule has 2 fully saturated rings. The minimum absolute atomic E-state index is 0.0258. The summed E-state index contributed by atoms with van der Waals surface area (Å²) in [5, 5.41) is 6.19. The van der Waals surface area contributed by atoms with Crippen molar-refractivity contribution in [3.63, 3.8) is 0 Å². The van der Waals surface area contributed by atoms with E-state index in [4.69, 9.17) is 19.4 Å². The van der Waals surface area contributed by atoms with Crippen LogP contribution < -0.4 is 9.47 Å². The van der Waals surface area contributed by atoms with E-state index in [1.54, 1.807) is 35.1 Å². The second-order valence-corrected chi connectivity index (χ2v) is 15.5. The van der Waals surface area contributed by atoms with Crippen LogP contribution in [0.25, 0.3) is 21.1 Å². The minimum atomic E-state index is -0.535. The lowest BCUT2D eigenvalue weighted by atomic mass is 9.91. The number of ketones is 1. The first-order chi connectivity index (χ1) is 26.7. The van der Waals surface area contributed by atoms with E-state index in [1.807, 2.05) is 97.3 Å². The van der Waals surface area contributed by atoms with Crippen LogP contribution in [-0.4, -0.2) is 73.9 Å². The Hall–Kier alpha value is -4.81. The number of para-hydroxylation sites is 2. The van der Waals surface area contributed by atoms with Crippen molar-refractivity contribution in [1.82, 2.24) is 29.7 Å². The van der Waals surface area contributed by atoms with Gasteiger partial charge in [0.15, 0.2) is 5.78 Å². The number of Topliss-reactive ketones (excluding diaryl/α,β-unsaturated/α-hetero) is 1. The zero-order chi connectivity index (χ0) is 36.5. The van der Waals surface area contributed by atoms with Crippen LogP contribution in [0.15, 0.2) is 120 Å². The van der Waals surface area contributed by atoms with Crippen LogP contribution in [0.4, 0.5) is 0 Å². The van der Waals surface area contributed by atoms with Gasteiger partial charge < -0.3 is 9.47 Å². The van der Waals surface area contributed by atoms with Crippen LogP contribution in [0.2, 0.25) is 0 Å². The Morgan fingerprint density at radius 2 is 1.09 bits per heavy atom. The Labute approximate surface area is 324 Å². The summed E-state index contributed by atoms with van der Waals surface area (Å²) in [6.45, 7) is 1.99. The van der Waals surface area contributed by atoms with Crippen molar-refractivity contribution in [1.29, 1.82) is 0 Å². The van der Waals surface area contributed by atoms with E-state index < -0.39 is 12.1 Å². The monoisotopic (exact) mass is 756 g/mol. The zero-order valence-electron chi connectivity index (χ0n) is 30.2. The fraction of sp³-hybridized carbons (Fsp3) is 0.326. The summed E-state index contributed by atoms with van der Waals surface area (Å²) in [6, 6.07) is 26.5. The number of carbonyl (C=O) groups is 1. The van der Waals surface area contributed by atoms with Crippen LogP contribution in [0.3, 0.4) is 0 Å². The van der Waals surface area contributed by atoms with Gasteiger partial charge in [0.05, 0.1) is 23.5 Å². The number of likely N-dealkylation sites (tertiary alicyclic amines) is 2. The van der Waals surface area contributed by atoms with Crippen molar-refractivity contribution < 1.29 is 14.3 Å². The van der Waals surface area contributed by atoms with E-state index in [1.165, 1.54) is 0 Å². The second kappa shape index (κ2) is 17.6. The van der Waals surface area contributed by atoms with Gasteiger partial charge in [-0.25, -0.2) is 9.97 Å². The first kappa shape index (κ1) is 36.2. The number of ether oxygens (including phenoxy) is 2. The van der Waals surface area contributed by atoms with Crippen molar-refractivity contribution in [2.75, 3.05) is 26.3 Å². The molecule has 0 N–H and O–H groups in total. The summed E-state index contributed by atoms with van der Waals surface area (Å²) in [7, 11) is 0. The second-order valence-electron chi connectivity index (χ2n) is 13.8. The number of hydrogen-bond acceptors (Lipinski definition) is 11. The van der Waals surface area contributed by atoms with Gasteiger partial charge in [-0.2, -0.15) is 0 Å². The molecule has 6 aromatic rings. The van der Waals surface area contributed by atoms with Gasteiger partial charge in [0.1, 0.15) is 46.8 Å². The highest BCUT2D eigenvalue weighted by atomic mass is 32.1. The largest absolute Gasteiger partial charge is 0.491 e. The van der Waals surface area contributed by atoms with Gasteiger partial charge in [0, 0.05) is 46.7 Å². The first-order valence-corrected chi connectivity index (χ1v) is 20.6. The van der Waals surface area contributed by atoms with Crippen molar-refractivity contribution in [2.45, 2.75) is 62.7 Å². The molecule has 8 rings (SSSR count). The lowest BCUT2D eigenvalue weighted by Gasteiger charge is -2.44. The van der Waals surface area contributed by atoms with E-state index >= 15 is 4.79 Å². The Morgan fingerprint density at radius 1 is 0.630 bits per heavy atom. The molecule has 54 heavy (non-hydrogen) atoms. The topological polar surface area (TPSA) is 93.6 Å². The van der Waals surface area contributed by atoms with Crippen LogP contribution >= 0.6 is 22.7 Å². The Balaban J connectivity index is 1.14. The number of thiazole rings is 2. The number of pyridine rings is 2.